The molecule has 15 heavy (non-hydrogen) atoms. The largest absolute Gasteiger partial charge is 0.496 e. The van der Waals surface area contributed by atoms with Crippen LogP contribution in [0.5, 0.6) is 5.75 Å². The molecule has 0 saturated heterocycles. The van der Waals surface area contributed by atoms with E-state index < -0.39 is 0 Å². The van der Waals surface area contributed by atoms with Gasteiger partial charge in [0.25, 0.3) is 0 Å². The Hall–Kier alpha value is -0.540. The molecule has 0 aromatic heterocycles. The Morgan fingerprint density at radius 2 is 2.20 bits per heavy atom. The van der Waals surface area contributed by atoms with E-state index in [1.165, 1.54) is 24.9 Å². The van der Waals surface area contributed by atoms with E-state index in [1.54, 1.807) is 7.11 Å². The Bertz CT molecular complexity index is 302. The van der Waals surface area contributed by atoms with Gasteiger partial charge in [-0.05, 0) is 24.6 Å². The summed E-state index contributed by atoms with van der Waals surface area (Å²) in [5, 5.41) is 2.33. The maximum absolute atomic E-state index is 5.32. The molecule has 0 radical (unpaired) electrons. The van der Waals surface area contributed by atoms with Crippen LogP contribution in [0.4, 0.5) is 0 Å². The van der Waals surface area contributed by atoms with Crippen LogP contribution in [-0.2, 0) is 6.54 Å². The lowest BCUT2D eigenvalue weighted by Crippen LogP contribution is -2.82. The van der Waals surface area contributed by atoms with Gasteiger partial charge in [-0.2, -0.15) is 0 Å². The zero-order valence-electron chi connectivity index (χ0n) is 9.42. The highest BCUT2D eigenvalue weighted by Crippen LogP contribution is 2.21. The van der Waals surface area contributed by atoms with E-state index in [0.717, 1.165) is 16.8 Å². The predicted octanol–water partition coefficient (Wildman–Crippen LogP) is 2.32. The first-order chi connectivity index (χ1) is 7.27. The molecule has 84 valence electrons. The number of rotatable bonds is 6. The average molecular weight is 273 g/mol. The van der Waals surface area contributed by atoms with Gasteiger partial charge < -0.3 is 10.1 Å². The molecule has 0 saturated carbocycles. The van der Waals surface area contributed by atoms with Gasteiger partial charge in [-0.15, -0.1) is 0 Å². The SMILES string of the molecule is CCCC[NH2+]Cc1cc(Br)ccc1OC. The molecule has 0 bridgehead atoms. The van der Waals surface area contributed by atoms with Gasteiger partial charge in [0.15, 0.2) is 0 Å². The first-order valence-electron chi connectivity index (χ1n) is 5.42. The van der Waals surface area contributed by atoms with E-state index in [-0.39, 0.29) is 0 Å². The molecular weight excluding hydrogens is 254 g/mol. The van der Waals surface area contributed by atoms with Crippen molar-refractivity contribution in [1.82, 2.24) is 0 Å². The second-order valence-corrected chi connectivity index (χ2v) is 4.51. The summed E-state index contributed by atoms with van der Waals surface area (Å²) in [6.07, 6.45) is 2.53. The normalized spacial score (nSPS) is 10.3. The summed E-state index contributed by atoms with van der Waals surface area (Å²) in [5.74, 6) is 0.978. The maximum atomic E-state index is 5.32. The van der Waals surface area contributed by atoms with Gasteiger partial charge in [-0.25, -0.2) is 0 Å². The molecule has 2 nitrogen and oxygen atoms in total. The van der Waals surface area contributed by atoms with Crippen LogP contribution in [0.1, 0.15) is 25.3 Å². The molecular formula is C12H19BrNO+. The molecule has 0 unspecified atom stereocenters. The van der Waals surface area contributed by atoms with Crippen molar-refractivity contribution < 1.29 is 10.1 Å². The summed E-state index contributed by atoms with van der Waals surface area (Å²) < 4.78 is 6.43. The predicted molar refractivity (Wildman–Crippen MR) is 66.1 cm³/mol. The molecule has 0 spiro atoms. The Morgan fingerprint density at radius 1 is 1.40 bits per heavy atom. The maximum Gasteiger partial charge on any atom is 0.127 e. The summed E-state index contributed by atoms with van der Waals surface area (Å²) >= 11 is 3.48. The lowest BCUT2D eigenvalue weighted by molar-refractivity contribution is -0.670. The Balaban J connectivity index is 2.54. The quantitative estimate of drug-likeness (QED) is 0.791. The standard InChI is InChI=1S/C12H18BrNO/c1-3-4-7-14-9-10-8-11(13)5-6-12(10)15-2/h5-6,8,14H,3-4,7,9H2,1-2H3/p+1. The number of halogens is 1. The van der Waals surface area contributed by atoms with Crippen LogP contribution in [0.3, 0.4) is 0 Å². The monoisotopic (exact) mass is 272 g/mol. The molecule has 0 heterocycles. The molecule has 1 rings (SSSR count). The first kappa shape index (κ1) is 12.5. The van der Waals surface area contributed by atoms with Crippen molar-refractivity contribution in [2.24, 2.45) is 0 Å². The van der Waals surface area contributed by atoms with Crippen LogP contribution in [0.25, 0.3) is 0 Å². The highest BCUT2D eigenvalue weighted by molar-refractivity contribution is 9.10. The highest BCUT2D eigenvalue weighted by Gasteiger charge is 2.04. The third-order valence-corrected chi connectivity index (χ3v) is 2.86. The van der Waals surface area contributed by atoms with Crippen molar-refractivity contribution in [2.45, 2.75) is 26.3 Å². The third kappa shape index (κ3) is 4.22. The van der Waals surface area contributed by atoms with E-state index in [2.05, 4.69) is 34.2 Å². The summed E-state index contributed by atoms with van der Waals surface area (Å²) in [6.45, 7) is 4.39. The number of unbranched alkanes of at least 4 members (excludes halogenated alkanes) is 1. The number of ether oxygens (including phenoxy) is 1. The van der Waals surface area contributed by atoms with E-state index in [0.29, 0.717) is 0 Å². The van der Waals surface area contributed by atoms with Crippen LogP contribution in [0.15, 0.2) is 22.7 Å². The van der Waals surface area contributed by atoms with Gasteiger partial charge >= 0.3 is 0 Å². The Labute approximate surface area is 100 Å². The number of methoxy groups -OCH3 is 1. The average Bonchev–Trinajstić information content (AvgIpc) is 2.25. The van der Waals surface area contributed by atoms with E-state index in [1.807, 2.05) is 12.1 Å². The number of hydrogen-bond donors (Lipinski definition) is 1. The smallest absolute Gasteiger partial charge is 0.127 e. The lowest BCUT2D eigenvalue weighted by Gasteiger charge is -2.07. The van der Waals surface area contributed by atoms with E-state index in [4.69, 9.17) is 4.74 Å². The van der Waals surface area contributed by atoms with Gasteiger partial charge in [-0.3, -0.25) is 0 Å². The van der Waals surface area contributed by atoms with Crippen molar-refractivity contribution in [3.8, 4) is 5.75 Å². The molecule has 3 heteroatoms. The van der Waals surface area contributed by atoms with Crippen LogP contribution >= 0.6 is 15.9 Å². The summed E-state index contributed by atoms with van der Waals surface area (Å²) in [5.41, 5.74) is 1.25. The van der Waals surface area contributed by atoms with Crippen LogP contribution < -0.4 is 10.1 Å². The van der Waals surface area contributed by atoms with Crippen molar-refractivity contribution in [1.29, 1.82) is 0 Å². The van der Waals surface area contributed by atoms with Gasteiger partial charge in [0, 0.05) is 10.0 Å². The molecule has 0 aliphatic rings. The van der Waals surface area contributed by atoms with Gasteiger partial charge in [-0.1, -0.05) is 29.3 Å². The topological polar surface area (TPSA) is 25.8 Å². The zero-order chi connectivity index (χ0) is 11.1. The Kier molecular flexibility index (Phi) is 5.73. The summed E-state index contributed by atoms with van der Waals surface area (Å²) in [7, 11) is 1.72. The molecule has 0 aliphatic carbocycles. The fourth-order valence-corrected chi connectivity index (χ4v) is 1.92. The van der Waals surface area contributed by atoms with Crippen LogP contribution in [-0.4, -0.2) is 13.7 Å². The number of benzene rings is 1. The zero-order valence-corrected chi connectivity index (χ0v) is 11.0. The number of hydrogen-bond acceptors (Lipinski definition) is 1. The summed E-state index contributed by atoms with van der Waals surface area (Å²) in [6, 6.07) is 6.14. The molecule has 2 N–H and O–H groups in total. The molecule has 0 amide bonds. The Morgan fingerprint density at radius 3 is 2.87 bits per heavy atom. The van der Waals surface area contributed by atoms with Crippen molar-refractivity contribution in [2.75, 3.05) is 13.7 Å². The first-order valence-corrected chi connectivity index (χ1v) is 6.21. The minimum Gasteiger partial charge on any atom is -0.496 e. The van der Waals surface area contributed by atoms with E-state index >= 15 is 0 Å². The summed E-state index contributed by atoms with van der Waals surface area (Å²) in [4.78, 5) is 0. The fourth-order valence-electron chi connectivity index (χ4n) is 1.51. The van der Waals surface area contributed by atoms with Gasteiger partial charge in [0.05, 0.1) is 13.7 Å². The van der Waals surface area contributed by atoms with E-state index in [9.17, 15) is 0 Å². The van der Waals surface area contributed by atoms with Crippen molar-refractivity contribution >= 4 is 15.9 Å². The number of quaternary nitrogens is 1. The van der Waals surface area contributed by atoms with Crippen molar-refractivity contribution in [3.05, 3.63) is 28.2 Å². The van der Waals surface area contributed by atoms with Crippen LogP contribution in [0, 0.1) is 0 Å². The molecule has 0 aliphatic heterocycles. The second-order valence-electron chi connectivity index (χ2n) is 3.59. The third-order valence-electron chi connectivity index (χ3n) is 2.37. The van der Waals surface area contributed by atoms with Crippen molar-refractivity contribution in [3.63, 3.8) is 0 Å². The highest BCUT2D eigenvalue weighted by atomic mass is 79.9. The molecule has 1 aromatic rings. The molecule has 1 aromatic carbocycles. The fraction of sp³-hybridized carbons (Fsp3) is 0.500. The van der Waals surface area contributed by atoms with Crippen LogP contribution in [0.2, 0.25) is 0 Å². The van der Waals surface area contributed by atoms with Gasteiger partial charge in [0.1, 0.15) is 12.3 Å². The van der Waals surface area contributed by atoms with Gasteiger partial charge in [0.2, 0.25) is 0 Å². The minimum absolute atomic E-state index is 0.978. The molecule has 0 fully saturated rings. The minimum atomic E-state index is 0.978. The molecule has 0 atom stereocenters. The lowest BCUT2D eigenvalue weighted by atomic mass is 10.2. The second kappa shape index (κ2) is 6.85. The number of nitrogens with two attached hydrogens (primary N) is 1.